The van der Waals surface area contributed by atoms with Crippen molar-refractivity contribution in [2.45, 2.75) is 84.7 Å². The van der Waals surface area contributed by atoms with E-state index in [2.05, 4.69) is 29.5 Å². The zero-order valence-corrected chi connectivity index (χ0v) is 21.8. The van der Waals surface area contributed by atoms with Gasteiger partial charge in [-0.15, -0.1) is 0 Å². The number of rotatable bonds is 3. The molecule has 1 spiro atoms. The lowest BCUT2D eigenvalue weighted by Gasteiger charge is -2.41. The Labute approximate surface area is 209 Å². The number of ether oxygens (including phenoxy) is 1. The molecule has 2 saturated heterocycles. The molecule has 0 bridgehead atoms. The number of pyridine rings is 1. The highest BCUT2D eigenvalue weighted by molar-refractivity contribution is 5.93. The van der Waals surface area contributed by atoms with E-state index in [1.807, 2.05) is 26.0 Å². The Morgan fingerprint density at radius 2 is 1.89 bits per heavy atom. The summed E-state index contributed by atoms with van der Waals surface area (Å²) in [6.07, 6.45) is 5.32. The van der Waals surface area contributed by atoms with Gasteiger partial charge in [0.15, 0.2) is 0 Å². The number of aryl methyl sites for hydroxylation is 1. The summed E-state index contributed by atoms with van der Waals surface area (Å²) in [5.41, 5.74) is 0.671. The molecule has 2 fully saturated rings. The van der Waals surface area contributed by atoms with Gasteiger partial charge in [-0.3, -0.25) is 14.4 Å². The predicted octanol–water partition coefficient (Wildman–Crippen LogP) is 3.24. The molecule has 3 heterocycles. The predicted molar refractivity (Wildman–Crippen MR) is 135 cm³/mol. The summed E-state index contributed by atoms with van der Waals surface area (Å²) in [5.74, 6) is -0.0460. The molecule has 1 aromatic heterocycles. The lowest BCUT2D eigenvalue weighted by molar-refractivity contribution is -0.138. The molecule has 1 aromatic rings. The van der Waals surface area contributed by atoms with Gasteiger partial charge in [-0.25, -0.2) is 4.98 Å². The third-order valence-corrected chi connectivity index (χ3v) is 7.13. The van der Waals surface area contributed by atoms with Gasteiger partial charge in [0.2, 0.25) is 11.8 Å². The van der Waals surface area contributed by atoms with Crippen molar-refractivity contribution in [1.29, 1.82) is 0 Å². The molecule has 2 aliphatic heterocycles. The molecule has 3 amide bonds. The number of carbonyl (C=O) groups is 3. The molecule has 0 unspecified atom stereocenters. The zero-order chi connectivity index (χ0) is 25.4. The third kappa shape index (κ3) is 7.50. The van der Waals surface area contributed by atoms with Crippen LogP contribution in [0.2, 0.25) is 0 Å². The summed E-state index contributed by atoms with van der Waals surface area (Å²) in [7, 11) is 0. The van der Waals surface area contributed by atoms with E-state index in [9.17, 15) is 14.4 Å². The number of hydrogen-bond donors (Lipinski definition) is 2. The maximum atomic E-state index is 13.7. The molecule has 2 atom stereocenters. The van der Waals surface area contributed by atoms with Crippen LogP contribution in [0.15, 0.2) is 18.2 Å². The average Bonchev–Trinajstić information content (AvgIpc) is 2.82. The lowest BCUT2D eigenvalue weighted by Crippen LogP contribution is -2.56. The Hall–Kier alpha value is -2.48. The van der Waals surface area contributed by atoms with E-state index in [0.717, 1.165) is 31.4 Å². The van der Waals surface area contributed by atoms with Crippen molar-refractivity contribution >= 4 is 17.7 Å². The van der Waals surface area contributed by atoms with Crippen LogP contribution in [0.3, 0.4) is 0 Å². The maximum Gasteiger partial charge on any atom is 0.272 e. The first-order valence-electron chi connectivity index (χ1n) is 13.1. The minimum atomic E-state index is -0.582. The fraction of sp³-hybridized carbons (Fsp3) is 0.704. The number of aromatic nitrogens is 1. The van der Waals surface area contributed by atoms with Crippen LogP contribution in [0.25, 0.3) is 0 Å². The lowest BCUT2D eigenvalue weighted by atomic mass is 9.73. The fourth-order valence-electron chi connectivity index (χ4n) is 5.06. The van der Waals surface area contributed by atoms with Crippen molar-refractivity contribution in [2.75, 3.05) is 26.3 Å². The number of hydrogen-bond acceptors (Lipinski definition) is 5. The Morgan fingerprint density at radius 1 is 1.14 bits per heavy atom. The summed E-state index contributed by atoms with van der Waals surface area (Å²) in [6, 6.07) is 4.76. The second-order valence-electron chi connectivity index (χ2n) is 10.7. The van der Waals surface area contributed by atoms with E-state index in [0.29, 0.717) is 51.3 Å². The highest BCUT2D eigenvalue weighted by atomic mass is 16.5. The van der Waals surface area contributed by atoms with Crippen molar-refractivity contribution in [1.82, 2.24) is 20.5 Å². The van der Waals surface area contributed by atoms with Gasteiger partial charge in [0, 0.05) is 31.4 Å². The minimum Gasteiger partial charge on any atom is -0.379 e. The first kappa shape index (κ1) is 27.1. The average molecular weight is 487 g/mol. The zero-order valence-electron chi connectivity index (χ0n) is 21.8. The van der Waals surface area contributed by atoms with Crippen molar-refractivity contribution in [2.24, 2.45) is 11.3 Å². The van der Waals surface area contributed by atoms with Crippen LogP contribution in [0.4, 0.5) is 0 Å². The first-order valence-corrected chi connectivity index (χ1v) is 13.1. The quantitative estimate of drug-likeness (QED) is 0.683. The van der Waals surface area contributed by atoms with E-state index in [1.165, 1.54) is 0 Å². The summed E-state index contributed by atoms with van der Waals surface area (Å²) in [6.45, 7) is 10.0. The molecule has 3 rings (SSSR count). The van der Waals surface area contributed by atoms with Crippen molar-refractivity contribution in [3.63, 3.8) is 0 Å². The van der Waals surface area contributed by atoms with Crippen LogP contribution in [-0.4, -0.2) is 66.0 Å². The molecular formula is C27H42N4O4. The minimum absolute atomic E-state index is 0.0555. The number of nitrogens with one attached hydrogen (secondary N) is 2. The molecule has 2 N–H and O–H groups in total. The van der Waals surface area contributed by atoms with Crippen LogP contribution >= 0.6 is 0 Å². The molecular weight excluding hydrogens is 444 g/mol. The molecule has 8 heteroatoms. The number of likely N-dealkylation sites (tertiary alicyclic amines) is 1. The summed E-state index contributed by atoms with van der Waals surface area (Å²) in [4.78, 5) is 46.0. The second-order valence-corrected chi connectivity index (χ2v) is 10.7. The van der Waals surface area contributed by atoms with E-state index >= 15 is 0 Å². The molecule has 2 aliphatic rings. The van der Waals surface area contributed by atoms with Gasteiger partial charge in [-0.1, -0.05) is 32.8 Å². The van der Waals surface area contributed by atoms with Gasteiger partial charge in [0.1, 0.15) is 11.7 Å². The van der Waals surface area contributed by atoms with Crippen molar-refractivity contribution in [3.8, 4) is 0 Å². The van der Waals surface area contributed by atoms with Gasteiger partial charge in [0.25, 0.3) is 5.91 Å². The van der Waals surface area contributed by atoms with Gasteiger partial charge in [0.05, 0.1) is 12.0 Å². The topological polar surface area (TPSA) is 101 Å². The summed E-state index contributed by atoms with van der Waals surface area (Å²) in [5, 5.41) is 6.12. The highest BCUT2D eigenvalue weighted by Gasteiger charge is 2.43. The number of piperidine rings is 1. The summed E-state index contributed by atoms with van der Waals surface area (Å²) >= 11 is 0. The normalized spacial score (nSPS) is 24.5. The SMILES string of the molecule is Cc1cccc(C(=O)N2CCC3(CCCCCOC[C@@H](C)NC(=O)[C@H](CC(C)C)NC3=O)CC2)n1. The second kappa shape index (κ2) is 12.5. The van der Waals surface area contributed by atoms with Gasteiger partial charge in [-0.2, -0.15) is 0 Å². The smallest absolute Gasteiger partial charge is 0.272 e. The van der Waals surface area contributed by atoms with Gasteiger partial charge in [-0.05, 0) is 64.0 Å². The molecule has 0 aromatic carbocycles. The Bertz CT molecular complexity index is 880. The number of nitrogens with zero attached hydrogens (tertiary/aromatic N) is 2. The largest absolute Gasteiger partial charge is 0.379 e. The van der Waals surface area contributed by atoms with Crippen LogP contribution in [0.5, 0.6) is 0 Å². The Balaban J connectivity index is 1.75. The first-order chi connectivity index (χ1) is 16.7. The van der Waals surface area contributed by atoms with Crippen LogP contribution in [0.1, 0.15) is 81.9 Å². The van der Waals surface area contributed by atoms with Gasteiger partial charge >= 0.3 is 0 Å². The summed E-state index contributed by atoms with van der Waals surface area (Å²) < 4.78 is 5.75. The van der Waals surface area contributed by atoms with E-state index in [4.69, 9.17) is 4.74 Å². The van der Waals surface area contributed by atoms with Crippen LogP contribution in [-0.2, 0) is 14.3 Å². The van der Waals surface area contributed by atoms with E-state index < -0.39 is 11.5 Å². The van der Waals surface area contributed by atoms with Crippen molar-refractivity contribution < 1.29 is 19.1 Å². The standard InChI is InChI=1S/C27H42N4O4/c1-19(2)17-23-24(32)29-21(4)18-35-16-7-5-6-11-27(26(34)30-23)12-14-31(15-13-27)25(33)22-10-8-9-20(3)28-22/h8-10,19,21,23H,5-7,11-18H2,1-4H3,(H,29,32)(H,30,34)/t21-,23+/m1/s1. The fourth-order valence-corrected chi connectivity index (χ4v) is 5.06. The molecule has 0 saturated carbocycles. The Morgan fingerprint density at radius 3 is 2.57 bits per heavy atom. The van der Waals surface area contributed by atoms with Crippen LogP contribution in [0, 0.1) is 18.3 Å². The highest BCUT2D eigenvalue weighted by Crippen LogP contribution is 2.38. The molecule has 194 valence electrons. The molecule has 0 radical (unpaired) electrons. The molecule has 0 aliphatic carbocycles. The Kier molecular flexibility index (Phi) is 9.66. The number of amides is 3. The molecule has 8 nitrogen and oxygen atoms in total. The van der Waals surface area contributed by atoms with Gasteiger partial charge < -0.3 is 20.3 Å². The van der Waals surface area contributed by atoms with Crippen molar-refractivity contribution in [3.05, 3.63) is 29.6 Å². The maximum absolute atomic E-state index is 13.7. The monoisotopic (exact) mass is 486 g/mol. The van der Waals surface area contributed by atoms with E-state index in [1.54, 1.807) is 11.0 Å². The van der Waals surface area contributed by atoms with E-state index in [-0.39, 0.29) is 29.7 Å². The third-order valence-electron chi connectivity index (χ3n) is 7.13. The van der Waals surface area contributed by atoms with Crippen LogP contribution < -0.4 is 10.6 Å². The number of carbonyl (C=O) groups excluding carboxylic acids is 3. The molecule has 35 heavy (non-hydrogen) atoms.